The number of hydrogen-bond acceptors (Lipinski definition) is 7. The fraction of sp³-hybridized carbons (Fsp3) is 0.800. The molecule has 0 aromatic carbocycles. The lowest BCUT2D eigenvalue weighted by Gasteiger charge is -2.30. The van der Waals surface area contributed by atoms with E-state index in [0.29, 0.717) is 0 Å². The van der Waals surface area contributed by atoms with Crippen LogP contribution in [0.15, 0.2) is 5.28 Å². The van der Waals surface area contributed by atoms with Crippen molar-refractivity contribution in [2.75, 3.05) is 19.9 Å². The lowest BCUT2D eigenvalue weighted by Crippen LogP contribution is -2.53. The van der Waals surface area contributed by atoms with Gasteiger partial charge >= 0.3 is 12.1 Å². The van der Waals surface area contributed by atoms with Crippen LogP contribution in [0, 0.1) is 11.1 Å². The van der Waals surface area contributed by atoms with Crippen LogP contribution in [0.2, 0.25) is 0 Å². The molecule has 1 N–H and O–H groups in total. The predicted molar refractivity (Wildman–Crippen MR) is 62.0 cm³/mol. The number of ether oxygens (including phenoxy) is 2. The molecule has 1 aliphatic heterocycles. The molecular formula is C10H17N3O7. The average Bonchev–Trinajstić information content (AvgIpc) is 2.19. The summed E-state index contributed by atoms with van der Waals surface area (Å²) in [7, 11) is 0. The highest BCUT2D eigenvalue weighted by Crippen LogP contribution is 2.15. The van der Waals surface area contributed by atoms with Crippen LogP contribution in [-0.4, -0.2) is 52.7 Å². The van der Waals surface area contributed by atoms with Crippen molar-refractivity contribution in [3.8, 4) is 0 Å². The predicted octanol–water partition coefficient (Wildman–Crippen LogP) is 0.721. The Kier molecular flexibility index (Phi) is 4.94. The van der Waals surface area contributed by atoms with Crippen LogP contribution in [0.1, 0.15) is 20.8 Å². The summed E-state index contributed by atoms with van der Waals surface area (Å²) in [6.07, 6.45) is -0.944. The molecule has 1 heterocycles. The second kappa shape index (κ2) is 6.26. The molecular weight excluding hydrogens is 274 g/mol. The summed E-state index contributed by atoms with van der Waals surface area (Å²) in [4.78, 5) is 26.2. The maximum atomic E-state index is 11.3. The van der Waals surface area contributed by atoms with Gasteiger partial charge < -0.3 is 24.6 Å². The summed E-state index contributed by atoms with van der Waals surface area (Å²) in [5.74, 6) is -1.55. The smallest absolute Gasteiger partial charge is 0.511 e. The quantitative estimate of drug-likeness (QED) is 0.196. The van der Waals surface area contributed by atoms with Crippen LogP contribution in [0.4, 0.5) is 4.79 Å². The fourth-order valence-corrected chi connectivity index (χ4v) is 1.23. The summed E-state index contributed by atoms with van der Waals surface area (Å²) in [6.45, 7) is 4.53. The third kappa shape index (κ3) is 5.16. The minimum absolute atomic E-state index is 0.0542. The van der Waals surface area contributed by atoms with Gasteiger partial charge in [0.2, 0.25) is 5.28 Å². The molecule has 0 saturated carbocycles. The molecule has 0 amide bonds. The molecule has 0 aromatic heterocycles. The van der Waals surface area contributed by atoms with Gasteiger partial charge in [-0.3, -0.25) is 4.79 Å². The summed E-state index contributed by atoms with van der Waals surface area (Å²) in [6, 6.07) is 0. The van der Waals surface area contributed by atoms with Crippen molar-refractivity contribution in [1.29, 1.82) is 0 Å². The molecule has 0 bridgehead atoms. The highest BCUT2D eigenvalue weighted by atomic mass is 16.8. The number of hydrazine groups is 1. The minimum Gasteiger partial charge on any atom is -0.569 e. The van der Waals surface area contributed by atoms with Gasteiger partial charge in [0.1, 0.15) is 11.5 Å². The number of carbonyl (C=O) groups excluding carboxylic acids is 1. The molecule has 0 atom stereocenters. The van der Waals surface area contributed by atoms with Crippen LogP contribution < -0.4 is 0 Å². The first kappa shape index (κ1) is 15.8. The molecule has 0 radical (unpaired) electrons. The number of aliphatic carboxylic acids is 1. The number of nitrogens with zero attached hydrogens (tertiary/aromatic N) is 3. The van der Waals surface area contributed by atoms with E-state index in [1.54, 1.807) is 20.8 Å². The highest BCUT2D eigenvalue weighted by Gasteiger charge is 2.38. The third-order valence-corrected chi connectivity index (χ3v) is 2.20. The molecule has 1 aliphatic rings. The molecule has 10 nitrogen and oxygen atoms in total. The van der Waals surface area contributed by atoms with E-state index in [4.69, 9.17) is 9.84 Å². The van der Waals surface area contributed by atoms with E-state index in [1.807, 2.05) is 0 Å². The largest absolute Gasteiger partial charge is 0.569 e. The average molecular weight is 291 g/mol. The SMILES string of the molecule is CC(C)(C)OC(=O)OCON=[N+]([O-])N1CC(C(=O)O)C1. The van der Waals surface area contributed by atoms with Gasteiger partial charge in [-0.1, -0.05) is 0 Å². The molecule has 20 heavy (non-hydrogen) atoms. The molecule has 1 saturated heterocycles. The Bertz CT molecular complexity index is 398. The second-order valence-corrected chi connectivity index (χ2v) is 5.10. The zero-order valence-electron chi connectivity index (χ0n) is 11.4. The lowest BCUT2D eigenvalue weighted by atomic mass is 10.0. The summed E-state index contributed by atoms with van der Waals surface area (Å²) in [5.41, 5.74) is -0.692. The van der Waals surface area contributed by atoms with E-state index >= 15 is 0 Å². The van der Waals surface area contributed by atoms with Crippen LogP contribution in [-0.2, 0) is 19.1 Å². The molecule has 1 fully saturated rings. The van der Waals surface area contributed by atoms with Gasteiger partial charge in [0, 0.05) is 0 Å². The van der Waals surface area contributed by atoms with Gasteiger partial charge in [0.05, 0.1) is 18.1 Å². The first-order valence-corrected chi connectivity index (χ1v) is 5.82. The molecule has 1 rings (SSSR count). The van der Waals surface area contributed by atoms with Gasteiger partial charge in [0.25, 0.3) is 6.79 Å². The minimum atomic E-state index is -0.969. The summed E-state index contributed by atoms with van der Waals surface area (Å²) >= 11 is 0. The Morgan fingerprint density at radius 2 is 2.05 bits per heavy atom. The van der Waals surface area contributed by atoms with Crippen molar-refractivity contribution in [2.45, 2.75) is 26.4 Å². The number of carbonyl (C=O) groups is 2. The monoisotopic (exact) mass is 291 g/mol. The van der Waals surface area contributed by atoms with E-state index in [1.165, 1.54) is 0 Å². The van der Waals surface area contributed by atoms with Crippen molar-refractivity contribution in [1.82, 2.24) is 5.01 Å². The van der Waals surface area contributed by atoms with Gasteiger partial charge in [-0.2, -0.15) is 0 Å². The Balaban J connectivity index is 2.19. The van der Waals surface area contributed by atoms with Gasteiger partial charge in [-0.15, -0.1) is 5.01 Å². The van der Waals surface area contributed by atoms with E-state index in [2.05, 4.69) is 14.9 Å². The summed E-state index contributed by atoms with van der Waals surface area (Å²) in [5, 5.41) is 24.1. The van der Waals surface area contributed by atoms with E-state index < -0.39 is 30.4 Å². The zero-order chi connectivity index (χ0) is 15.3. The molecule has 0 unspecified atom stereocenters. The Morgan fingerprint density at radius 1 is 1.45 bits per heavy atom. The molecule has 0 aliphatic carbocycles. The van der Waals surface area contributed by atoms with Crippen LogP contribution in [0.5, 0.6) is 0 Å². The first-order chi connectivity index (χ1) is 9.19. The number of rotatable bonds is 5. The third-order valence-electron chi connectivity index (χ3n) is 2.20. The second-order valence-electron chi connectivity index (χ2n) is 5.10. The molecule has 0 aromatic rings. The molecule has 10 heteroatoms. The topological polar surface area (TPSA) is 124 Å². The Hall–Kier alpha value is -2.26. The van der Waals surface area contributed by atoms with Crippen molar-refractivity contribution < 1.29 is 34.0 Å². The fourth-order valence-electron chi connectivity index (χ4n) is 1.23. The number of hydrogen-bond donors (Lipinski definition) is 1. The van der Waals surface area contributed by atoms with Gasteiger partial charge in [-0.25, -0.2) is 4.79 Å². The van der Waals surface area contributed by atoms with E-state index in [0.717, 1.165) is 5.01 Å². The van der Waals surface area contributed by atoms with Crippen LogP contribution in [0.3, 0.4) is 0 Å². The zero-order valence-corrected chi connectivity index (χ0v) is 11.4. The Labute approximate surface area is 115 Å². The maximum absolute atomic E-state index is 11.3. The van der Waals surface area contributed by atoms with Gasteiger partial charge in [0.15, 0.2) is 0 Å². The van der Waals surface area contributed by atoms with Gasteiger partial charge in [-0.05, 0) is 20.8 Å². The highest BCUT2D eigenvalue weighted by molar-refractivity contribution is 5.71. The standard InChI is InChI=1S/C10H17N3O7/c1-10(2,3)20-9(16)18-6-19-11-13(17)12-4-7(5-12)8(14)15/h7H,4-6H2,1-3H3,(H,14,15). The summed E-state index contributed by atoms with van der Waals surface area (Å²) < 4.78 is 9.32. The first-order valence-electron chi connectivity index (χ1n) is 5.82. The Morgan fingerprint density at radius 3 is 2.55 bits per heavy atom. The van der Waals surface area contributed by atoms with Crippen molar-refractivity contribution in [3.63, 3.8) is 0 Å². The molecule has 114 valence electrons. The number of carboxylic acids is 1. The van der Waals surface area contributed by atoms with Crippen LogP contribution >= 0.6 is 0 Å². The molecule has 0 spiro atoms. The van der Waals surface area contributed by atoms with E-state index in [9.17, 15) is 14.8 Å². The van der Waals surface area contributed by atoms with Crippen molar-refractivity contribution >= 4 is 12.1 Å². The van der Waals surface area contributed by atoms with Crippen molar-refractivity contribution in [2.24, 2.45) is 11.2 Å². The lowest BCUT2D eigenvalue weighted by molar-refractivity contribution is -0.726. The van der Waals surface area contributed by atoms with E-state index in [-0.39, 0.29) is 18.1 Å². The maximum Gasteiger partial charge on any atom is 0.511 e. The number of carboxylic acid groups (broad SMARTS) is 1. The normalized spacial score (nSPS) is 16.4. The van der Waals surface area contributed by atoms with Crippen molar-refractivity contribution in [3.05, 3.63) is 5.21 Å². The van der Waals surface area contributed by atoms with Crippen LogP contribution in [0.25, 0.3) is 0 Å².